The molecule has 0 atom stereocenters. The Kier molecular flexibility index (Phi) is 4.76. The van der Waals surface area contributed by atoms with Crippen LogP contribution in [0.4, 0.5) is 4.79 Å². The summed E-state index contributed by atoms with van der Waals surface area (Å²) in [4.78, 5) is 12.2. The standard InChI is InChI=1S/C19H29NO3/c1-17(2,3)23-16(21)20-19(12-6-7-13-19)15-10-8-14(9-11-15)18(4,5)22/h8-11,22H,6-7,12-13H2,1-5H3,(H,20,21). The van der Waals surface area contributed by atoms with Gasteiger partial charge in [0.25, 0.3) is 0 Å². The van der Waals surface area contributed by atoms with E-state index in [1.54, 1.807) is 13.8 Å². The Morgan fingerprint density at radius 2 is 1.61 bits per heavy atom. The molecular formula is C19H29NO3. The highest BCUT2D eigenvalue weighted by molar-refractivity contribution is 5.69. The summed E-state index contributed by atoms with van der Waals surface area (Å²) in [5.74, 6) is 0. The van der Waals surface area contributed by atoms with Crippen LogP contribution in [0.3, 0.4) is 0 Å². The fraction of sp³-hybridized carbons (Fsp3) is 0.632. The number of carbonyl (C=O) groups excluding carboxylic acids is 1. The van der Waals surface area contributed by atoms with Crippen molar-refractivity contribution in [3.63, 3.8) is 0 Å². The van der Waals surface area contributed by atoms with E-state index in [4.69, 9.17) is 4.74 Å². The fourth-order valence-corrected chi connectivity index (χ4v) is 3.16. The molecule has 128 valence electrons. The predicted molar refractivity (Wildman–Crippen MR) is 91.2 cm³/mol. The molecule has 4 nitrogen and oxygen atoms in total. The number of amides is 1. The summed E-state index contributed by atoms with van der Waals surface area (Å²) in [6.07, 6.45) is 3.62. The largest absolute Gasteiger partial charge is 0.444 e. The van der Waals surface area contributed by atoms with Crippen LogP contribution < -0.4 is 5.32 Å². The molecule has 1 aromatic carbocycles. The molecule has 2 rings (SSSR count). The number of rotatable bonds is 3. The summed E-state index contributed by atoms with van der Waals surface area (Å²) in [6, 6.07) is 7.89. The van der Waals surface area contributed by atoms with Crippen molar-refractivity contribution in [2.24, 2.45) is 0 Å². The first-order chi connectivity index (χ1) is 10.5. The molecule has 2 N–H and O–H groups in total. The maximum Gasteiger partial charge on any atom is 0.408 e. The van der Waals surface area contributed by atoms with E-state index in [0.717, 1.165) is 36.8 Å². The number of hydrogen-bond acceptors (Lipinski definition) is 3. The predicted octanol–water partition coefficient (Wildman–Crippen LogP) is 4.21. The molecule has 23 heavy (non-hydrogen) atoms. The summed E-state index contributed by atoms with van der Waals surface area (Å²) in [5.41, 5.74) is 0.218. The van der Waals surface area contributed by atoms with Gasteiger partial charge in [0.2, 0.25) is 0 Å². The zero-order valence-corrected chi connectivity index (χ0v) is 14.9. The van der Waals surface area contributed by atoms with Crippen LogP contribution >= 0.6 is 0 Å². The SMILES string of the molecule is CC(C)(C)OC(=O)NC1(c2ccc(C(C)(C)O)cc2)CCCC1. The molecular weight excluding hydrogens is 290 g/mol. The van der Waals surface area contributed by atoms with Crippen molar-refractivity contribution in [3.05, 3.63) is 35.4 Å². The topological polar surface area (TPSA) is 58.6 Å². The summed E-state index contributed by atoms with van der Waals surface area (Å²) >= 11 is 0. The lowest BCUT2D eigenvalue weighted by Gasteiger charge is -2.32. The molecule has 1 saturated carbocycles. The van der Waals surface area contributed by atoms with Gasteiger partial charge in [0.05, 0.1) is 11.1 Å². The number of carbonyl (C=O) groups is 1. The second-order valence-corrected chi connectivity index (χ2v) is 8.05. The van der Waals surface area contributed by atoms with E-state index >= 15 is 0 Å². The lowest BCUT2D eigenvalue weighted by molar-refractivity contribution is 0.0452. The van der Waals surface area contributed by atoms with E-state index in [0.29, 0.717) is 0 Å². The molecule has 0 unspecified atom stereocenters. The normalized spacial score (nSPS) is 17.8. The molecule has 0 aliphatic heterocycles. The Bertz CT molecular complexity index is 543. The van der Waals surface area contributed by atoms with Crippen LogP contribution in [0.15, 0.2) is 24.3 Å². The minimum atomic E-state index is -0.861. The molecule has 1 amide bonds. The average molecular weight is 319 g/mol. The van der Waals surface area contributed by atoms with Gasteiger partial charge in [-0.1, -0.05) is 37.1 Å². The number of nitrogens with one attached hydrogen (secondary N) is 1. The van der Waals surface area contributed by atoms with Gasteiger partial charge in [-0.3, -0.25) is 0 Å². The zero-order chi connectivity index (χ0) is 17.3. The van der Waals surface area contributed by atoms with E-state index in [-0.39, 0.29) is 11.6 Å². The minimum absolute atomic E-state index is 0.361. The van der Waals surface area contributed by atoms with Crippen molar-refractivity contribution in [2.75, 3.05) is 0 Å². The quantitative estimate of drug-likeness (QED) is 0.877. The molecule has 1 aliphatic carbocycles. The monoisotopic (exact) mass is 319 g/mol. The smallest absolute Gasteiger partial charge is 0.408 e. The molecule has 1 aromatic rings. The molecule has 1 fully saturated rings. The third-order valence-electron chi connectivity index (χ3n) is 4.34. The van der Waals surface area contributed by atoms with Gasteiger partial charge in [-0.25, -0.2) is 4.79 Å². The Labute approximate surface area is 139 Å². The van der Waals surface area contributed by atoms with Gasteiger partial charge in [-0.2, -0.15) is 0 Å². The second kappa shape index (κ2) is 6.16. The Balaban J connectivity index is 2.22. The molecule has 0 bridgehead atoms. The molecule has 0 aromatic heterocycles. The highest BCUT2D eigenvalue weighted by atomic mass is 16.6. The number of ether oxygens (including phenoxy) is 1. The van der Waals surface area contributed by atoms with Crippen molar-refractivity contribution in [3.8, 4) is 0 Å². The number of aliphatic hydroxyl groups is 1. The lowest BCUT2D eigenvalue weighted by Crippen LogP contribution is -2.46. The van der Waals surface area contributed by atoms with E-state index in [1.165, 1.54) is 0 Å². The van der Waals surface area contributed by atoms with Crippen molar-refractivity contribution < 1.29 is 14.6 Å². The van der Waals surface area contributed by atoms with Crippen molar-refractivity contribution in [2.45, 2.75) is 77.0 Å². The van der Waals surface area contributed by atoms with Crippen LogP contribution in [-0.4, -0.2) is 16.8 Å². The first kappa shape index (κ1) is 17.8. The van der Waals surface area contributed by atoms with Gasteiger partial charge in [0.1, 0.15) is 5.60 Å². The highest BCUT2D eigenvalue weighted by Crippen LogP contribution is 2.39. The highest BCUT2D eigenvalue weighted by Gasteiger charge is 2.38. The van der Waals surface area contributed by atoms with Crippen LogP contribution in [0.2, 0.25) is 0 Å². The van der Waals surface area contributed by atoms with Crippen molar-refractivity contribution in [1.29, 1.82) is 0 Å². The lowest BCUT2D eigenvalue weighted by atomic mass is 9.86. The van der Waals surface area contributed by atoms with Gasteiger partial charge in [0.15, 0.2) is 0 Å². The maximum absolute atomic E-state index is 12.2. The average Bonchev–Trinajstić information content (AvgIpc) is 2.85. The third-order valence-corrected chi connectivity index (χ3v) is 4.34. The maximum atomic E-state index is 12.2. The van der Waals surface area contributed by atoms with E-state index < -0.39 is 11.2 Å². The third kappa shape index (κ3) is 4.47. The Hall–Kier alpha value is -1.55. The van der Waals surface area contributed by atoms with Gasteiger partial charge in [-0.15, -0.1) is 0 Å². The summed E-state index contributed by atoms with van der Waals surface area (Å²) < 4.78 is 5.43. The molecule has 0 saturated heterocycles. The van der Waals surface area contributed by atoms with Crippen LogP contribution in [0, 0.1) is 0 Å². The molecule has 1 aliphatic rings. The molecule has 0 spiro atoms. The zero-order valence-electron chi connectivity index (χ0n) is 14.9. The van der Waals surface area contributed by atoms with E-state index in [2.05, 4.69) is 5.32 Å². The first-order valence-corrected chi connectivity index (χ1v) is 8.36. The van der Waals surface area contributed by atoms with E-state index in [9.17, 15) is 9.90 Å². The molecule has 0 radical (unpaired) electrons. The summed E-state index contributed by atoms with van der Waals surface area (Å²) in [5, 5.41) is 13.2. The Morgan fingerprint density at radius 3 is 2.04 bits per heavy atom. The first-order valence-electron chi connectivity index (χ1n) is 8.36. The van der Waals surface area contributed by atoms with Gasteiger partial charge in [-0.05, 0) is 58.6 Å². The van der Waals surface area contributed by atoms with Gasteiger partial charge in [0, 0.05) is 0 Å². The van der Waals surface area contributed by atoms with Crippen molar-refractivity contribution in [1.82, 2.24) is 5.32 Å². The van der Waals surface area contributed by atoms with Crippen LogP contribution in [-0.2, 0) is 15.9 Å². The molecule has 4 heteroatoms. The number of hydrogen-bond donors (Lipinski definition) is 2. The summed E-state index contributed by atoms with van der Waals surface area (Å²) in [7, 11) is 0. The van der Waals surface area contributed by atoms with Crippen LogP contribution in [0.1, 0.15) is 71.4 Å². The molecule has 0 heterocycles. The van der Waals surface area contributed by atoms with Crippen LogP contribution in [0.5, 0.6) is 0 Å². The summed E-state index contributed by atoms with van der Waals surface area (Å²) in [6.45, 7) is 9.14. The fourth-order valence-electron chi connectivity index (χ4n) is 3.16. The number of benzene rings is 1. The van der Waals surface area contributed by atoms with Gasteiger partial charge < -0.3 is 15.2 Å². The van der Waals surface area contributed by atoms with Crippen molar-refractivity contribution >= 4 is 6.09 Å². The second-order valence-electron chi connectivity index (χ2n) is 8.05. The van der Waals surface area contributed by atoms with Gasteiger partial charge >= 0.3 is 6.09 Å². The Morgan fingerprint density at radius 1 is 1.09 bits per heavy atom. The van der Waals surface area contributed by atoms with Crippen LogP contribution in [0.25, 0.3) is 0 Å². The minimum Gasteiger partial charge on any atom is -0.444 e. The number of alkyl carbamates (subject to hydrolysis) is 1. The van der Waals surface area contributed by atoms with E-state index in [1.807, 2.05) is 45.0 Å².